The summed E-state index contributed by atoms with van der Waals surface area (Å²) in [6.07, 6.45) is -0.357. The molecule has 1 aromatic carbocycles. The van der Waals surface area contributed by atoms with Crippen molar-refractivity contribution in [3.63, 3.8) is 0 Å². The van der Waals surface area contributed by atoms with Gasteiger partial charge in [-0.2, -0.15) is 0 Å². The molecule has 0 saturated heterocycles. The van der Waals surface area contributed by atoms with E-state index in [0.29, 0.717) is 6.42 Å². The Bertz CT molecular complexity index is 667. The van der Waals surface area contributed by atoms with Gasteiger partial charge in [-0.3, -0.25) is 0 Å². The van der Waals surface area contributed by atoms with Crippen molar-refractivity contribution in [2.45, 2.75) is 38.8 Å². The molecule has 124 valence electrons. The molecule has 0 aliphatic rings. The van der Waals surface area contributed by atoms with Crippen molar-refractivity contribution in [1.29, 1.82) is 0 Å². The number of hydrogen-bond donors (Lipinski definition) is 2. The van der Waals surface area contributed by atoms with Crippen molar-refractivity contribution in [3.05, 3.63) is 36.0 Å². The number of methoxy groups -OCH3 is 1. The number of rotatable bonds is 4. The molecule has 0 aliphatic carbocycles. The first-order valence-electron chi connectivity index (χ1n) is 7.42. The van der Waals surface area contributed by atoms with Gasteiger partial charge < -0.3 is 19.8 Å². The van der Waals surface area contributed by atoms with E-state index in [0.717, 1.165) is 16.6 Å². The van der Waals surface area contributed by atoms with Crippen LogP contribution in [0.2, 0.25) is 0 Å². The molecule has 2 aromatic rings. The summed E-state index contributed by atoms with van der Waals surface area (Å²) in [6, 6.07) is 8.93. The predicted octanol–water partition coefficient (Wildman–Crippen LogP) is 2.78. The topological polar surface area (TPSA) is 80.4 Å². The minimum Gasteiger partial charge on any atom is -0.467 e. The quantitative estimate of drug-likeness (QED) is 0.850. The molecule has 1 amide bonds. The Kier molecular flexibility index (Phi) is 4.93. The minimum atomic E-state index is -0.817. The van der Waals surface area contributed by atoms with Crippen LogP contribution >= 0.6 is 0 Å². The third kappa shape index (κ3) is 4.74. The van der Waals surface area contributed by atoms with E-state index in [1.54, 1.807) is 20.8 Å². The van der Waals surface area contributed by atoms with E-state index in [2.05, 4.69) is 10.3 Å². The van der Waals surface area contributed by atoms with Gasteiger partial charge in [0.05, 0.1) is 7.11 Å². The van der Waals surface area contributed by atoms with Crippen LogP contribution < -0.4 is 5.32 Å². The second kappa shape index (κ2) is 6.73. The highest BCUT2D eigenvalue weighted by atomic mass is 16.6. The molecule has 2 rings (SSSR count). The number of carbonyl (C=O) groups excluding carboxylic acids is 2. The van der Waals surface area contributed by atoms with E-state index < -0.39 is 23.7 Å². The lowest BCUT2D eigenvalue weighted by molar-refractivity contribution is -0.143. The summed E-state index contributed by atoms with van der Waals surface area (Å²) in [5.41, 5.74) is 1.17. The van der Waals surface area contributed by atoms with Gasteiger partial charge in [-0.25, -0.2) is 9.59 Å². The van der Waals surface area contributed by atoms with Gasteiger partial charge >= 0.3 is 12.1 Å². The van der Waals surface area contributed by atoms with Gasteiger partial charge in [0.15, 0.2) is 0 Å². The molecule has 1 heterocycles. The van der Waals surface area contributed by atoms with Crippen molar-refractivity contribution in [1.82, 2.24) is 10.3 Å². The van der Waals surface area contributed by atoms with Crippen LogP contribution in [0.4, 0.5) is 4.79 Å². The molecule has 6 nitrogen and oxygen atoms in total. The van der Waals surface area contributed by atoms with E-state index in [4.69, 9.17) is 9.47 Å². The summed E-state index contributed by atoms with van der Waals surface area (Å²) in [4.78, 5) is 27.1. The molecule has 0 aliphatic heterocycles. The third-order valence-electron chi connectivity index (χ3n) is 3.19. The molecule has 1 atom stereocenters. The SMILES string of the molecule is COC(=O)[C@H](Cc1cc2ccccc2[nH]1)NC(=O)OC(C)(C)C. The Balaban J connectivity index is 2.12. The van der Waals surface area contributed by atoms with Crippen LogP contribution in [-0.2, 0) is 20.7 Å². The summed E-state index contributed by atoms with van der Waals surface area (Å²) < 4.78 is 9.96. The second-order valence-corrected chi connectivity index (χ2v) is 6.31. The average molecular weight is 318 g/mol. The summed E-state index contributed by atoms with van der Waals surface area (Å²) in [6.45, 7) is 5.28. The molecule has 0 saturated carbocycles. The molecule has 0 radical (unpaired) electrons. The highest BCUT2D eigenvalue weighted by molar-refractivity contribution is 5.83. The van der Waals surface area contributed by atoms with E-state index in [1.807, 2.05) is 30.3 Å². The van der Waals surface area contributed by atoms with Crippen molar-refractivity contribution in [2.75, 3.05) is 7.11 Å². The van der Waals surface area contributed by atoms with E-state index in [-0.39, 0.29) is 0 Å². The summed E-state index contributed by atoms with van der Waals surface area (Å²) in [5.74, 6) is -0.519. The van der Waals surface area contributed by atoms with Crippen molar-refractivity contribution >= 4 is 23.0 Å². The molecule has 6 heteroatoms. The minimum absolute atomic E-state index is 0.292. The van der Waals surface area contributed by atoms with Crippen LogP contribution in [0.15, 0.2) is 30.3 Å². The lowest BCUT2D eigenvalue weighted by atomic mass is 10.1. The highest BCUT2D eigenvalue weighted by Crippen LogP contribution is 2.16. The first-order valence-corrected chi connectivity index (χ1v) is 7.42. The lowest BCUT2D eigenvalue weighted by Crippen LogP contribution is -2.45. The Morgan fingerprint density at radius 3 is 2.57 bits per heavy atom. The maximum atomic E-state index is 11.9. The number of aromatic amines is 1. The zero-order valence-corrected chi connectivity index (χ0v) is 13.8. The van der Waals surface area contributed by atoms with Gasteiger partial charge in [0.1, 0.15) is 11.6 Å². The molecular weight excluding hydrogens is 296 g/mol. The fraction of sp³-hybridized carbons (Fsp3) is 0.412. The van der Waals surface area contributed by atoms with Crippen LogP contribution in [0.3, 0.4) is 0 Å². The largest absolute Gasteiger partial charge is 0.467 e. The molecule has 23 heavy (non-hydrogen) atoms. The Morgan fingerprint density at radius 1 is 1.26 bits per heavy atom. The number of para-hydroxylation sites is 1. The van der Waals surface area contributed by atoms with Crippen LogP contribution in [0.1, 0.15) is 26.5 Å². The van der Waals surface area contributed by atoms with Gasteiger partial charge in [-0.05, 0) is 38.3 Å². The Morgan fingerprint density at radius 2 is 1.96 bits per heavy atom. The predicted molar refractivity (Wildman–Crippen MR) is 87.2 cm³/mol. The molecular formula is C17H22N2O4. The van der Waals surface area contributed by atoms with Gasteiger partial charge in [0, 0.05) is 17.6 Å². The van der Waals surface area contributed by atoms with Gasteiger partial charge in [-0.15, -0.1) is 0 Å². The van der Waals surface area contributed by atoms with E-state index >= 15 is 0 Å². The average Bonchev–Trinajstić information content (AvgIpc) is 2.86. The van der Waals surface area contributed by atoms with Crippen LogP contribution in [0.5, 0.6) is 0 Å². The fourth-order valence-electron chi connectivity index (χ4n) is 2.25. The number of hydrogen-bond acceptors (Lipinski definition) is 4. The van der Waals surface area contributed by atoms with Crippen LogP contribution in [0, 0.1) is 0 Å². The van der Waals surface area contributed by atoms with Gasteiger partial charge in [-0.1, -0.05) is 18.2 Å². The van der Waals surface area contributed by atoms with Gasteiger partial charge in [0.25, 0.3) is 0 Å². The number of fused-ring (bicyclic) bond motifs is 1. The summed E-state index contributed by atoms with van der Waals surface area (Å²) in [5, 5.41) is 3.61. The molecule has 0 unspecified atom stereocenters. The number of aromatic nitrogens is 1. The standard InChI is InChI=1S/C17H22N2O4/c1-17(2,3)23-16(21)19-14(15(20)22-4)10-12-9-11-7-5-6-8-13(11)18-12/h5-9,14,18H,10H2,1-4H3,(H,19,21)/t14-/m0/s1. The second-order valence-electron chi connectivity index (χ2n) is 6.31. The number of carbonyl (C=O) groups is 2. The first-order chi connectivity index (χ1) is 10.8. The number of esters is 1. The zero-order chi connectivity index (χ0) is 17.0. The maximum Gasteiger partial charge on any atom is 0.408 e. The van der Waals surface area contributed by atoms with E-state index in [9.17, 15) is 9.59 Å². The Labute approximate surface area is 135 Å². The number of ether oxygens (including phenoxy) is 2. The summed E-state index contributed by atoms with van der Waals surface area (Å²) >= 11 is 0. The first kappa shape index (κ1) is 16.9. The molecule has 0 fully saturated rings. The number of alkyl carbamates (subject to hydrolysis) is 1. The zero-order valence-electron chi connectivity index (χ0n) is 13.8. The number of amides is 1. The lowest BCUT2D eigenvalue weighted by Gasteiger charge is -2.22. The summed E-state index contributed by atoms with van der Waals surface area (Å²) in [7, 11) is 1.29. The highest BCUT2D eigenvalue weighted by Gasteiger charge is 2.25. The number of H-pyrrole nitrogens is 1. The smallest absolute Gasteiger partial charge is 0.408 e. The molecule has 1 aromatic heterocycles. The van der Waals surface area contributed by atoms with Crippen molar-refractivity contribution in [2.24, 2.45) is 0 Å². The van der Waals surface area contributed by atoms with Crippen molar-refractivity contribution < 1.29 is 19.1 Å². The normalized spacial score (nSPS) is 12.7. The fourth-order valence-corrected chi connectivity index (χ4v) is 2.25. The van der Waals surface area contributed by atoms with Crippen LogP contribution in [-0.4, -0.2) is 35.8 Å². The number of benzene rings is 1. The Hall–Kier alpha value is -2.50. The monoisotopic (exact) mass is 318 g/mol. The van der Waals surface area contributed by atoms with Crippen molar-refractivity contribution in [3.8, 4) is 0 Å². The molecule has 0 bridgehead atoms. The molecule has 2 N–H and O–H groups in total. The maximum absolute atomic E-state index is 11.9. The van der Waals surface area contributed by atoms with Crippen LogP contribution in [0.25, 0.3) is 10.9 Å². The van der Waals surface area contributed by atoms with Gasteiger partial charge in [0.2, 0.25) is 0 Å². The van der Waals surface area contributed by atoms with E-state index in [1.165, 1.54) is 7.11 Å². The number of nitrogens with one attached hydrogen (secondary N) is 2. The molecule has 0 spiro atoms. The third-order valence-corrected chi connectivity index (χ3v) is 3.19.